The van der Waals surface area contributed by atoms with Crippen molar-refractivity contribution in [2.45, 2.75) is 26.6 Å². The fourth-order valence-corrected chi connectivity index (χ4v) is 2.94. The van der Waals surface area contributed by atoms with Gasteiger partial charge in [0.05, 0.1) is 4.47 Å². The van der Waals surface area contributed by atoms with E-state index in [2.05, 4.69) is 15.9 Å². The standard InChI is InChI=1S/C11H15BrO3Si/c1-7-5-8(11(13)14)10(9(12)6-7)15-16(2,3)4/h5-6H,1-4H3,(H,13,14). The Balaban J connectivity index is 3.30. The van der Waals surface area contributed by atoms with Crippen molar-refractivity contribution in [3.05, 3.63) is 27.7 Å². The molecule has 88 valence electrons. The maximum Gasteiger partial charge on any atom is 0.339 e. The van der Waals surface area contributed by atoms with Gasteiger partial charge in [0, 0.05) is 0 Å². The van der Waals surface area contributed by atoms with Gasteiger partial charge >= 0.3 is 5.97 Å². The molecule has 0 saturated carbocycles. The molecule has 0 amide bonds. The predicted molar refractivity (Wildman–Crippen MR) is 69.8 cm³/mol. The van der Waals surface area contributed by atoms with Crippen LogP contribution in [0.1, 0.15) is 15.9 Å². The molecular weight excluding hydrogens is 288 g/mol. The van der Waals surface area contributed by atoms with Crippen LogP contribution < -0.4 is 4.43 Å². The number of carboxylic acid groups (broad SMARTS) is 1. The highest BCUT2D eigenvalue weighted by Gasteiger charge is 2.23. The van der Waals surface area contributed by atoms with Crippen LogP contribution in [0.4, 0.5) is 0 Å². The van der Waals surface area contributed by atoms with Crippen molar-refractivity contribution in [1.82, 2.24) is 0 Å². The molecule has 3 nitrogen and oxygen atoms in total. The van der Waals surface area contributed by atoms with E-state index in [9.17, 15) is 4.79 Å². The second-order valence-electron chi connectivity index (χ2n) is 4.64. The van der Waals surface area contributed by atoms with E-state index in [1.54, 1.807) is 6.07 Å². The summed E-state index contributed by atoms with van der Waals surface area (Å²) in [5.41, 5.74) is 1.11. The van der Waals surface area contributed by atoms with Crippen molar-refractivity contribution >= 4 is 30.2 Å². The second kappa shape index (κ2) is 4.59. The lowest BCUT2D eigenvalue weighted by Gasteiger charge is -2.22. The minimum atomic E-state index is -1.82. The van der Waals surface area contributed by atoms with Gasteiger partial charge < -0.3 is 9.53 Å². The van der Waals surface area contributed by atoms with Gasteiger partial charge in [-0.15, -0.1) is 0 Å². The fraction of sp³-hybridized carbons (Fsp3) is 0.364. The summed E-state index contributed by atoms with van der Waals surface area (Å²) in [7, 11) is -1.82. The van der Waals surface area contributed by atoms with Gasteiger partial charge in [-0.05, 0) is 60.2 Å². The van der Waals surface area contributed by atoms with Crippen LogP contribution in [0.2, 0.25) is 19.6 Å². The number of carbonyl (C=O) groups is 1. The van der Waals surface area contributed by atoms with E-state index in [1.807, 2.05) is 32.6 Å². The van der Waals surface area contributed by atoms with E-state index in [0.29, 0.717) is 10.2 Å². The molecule has 16 heavy (non-hydrogen) atoms. The van der Waals surface area contributed by atoms with E-state index >= 15 is 0 Å². The summed E-state index contributed by atoms with van der Waals surface area (Å²) in [5.74, 6) is -0.519. The third-order valence-electron chi connectivity index (χ3n) is 1.83. The molecule has 1 rings (SSSR count). The first-order valence-corrected chi connectivity index (χ1v) is 9.13. The molecular formula is C11H15BrO3Si. The Labute approximate surface area is 105 Å². The zero-order valence-electron chi connectivity index (χ0n) is 9.80. The van der Waals surface area contributed by atoms with E-state index in [0.717, 1.165) is 5.56 Å². The van der Waals surface area contributed by atoms with Gasteiger partial charge in [-0.1, -0.05) is 0 Å². The fourth-order valence-electron chi connectivity index (χ4n) is 1.30. The normalized spacial score (nSPS) is 11.3. The lowest BCUT2D eigenvalue weighted by molar-refractivity contribution is 0.0694. The first-order chi connectivity index (χ1) is 7.20. The monoisotopic (exact) mass is 302 g/mol. The number of aryl methyl sites for hydroxylation is 1. The summed E-state index contributed by atoms with van der Waals surface area (Å²) in [6, 6.07) is 3.49. The molecule has 1 N–H and O–H groups in total. The van der Waals surface area contributed by atoms with E-state index in [4.69, 9.17) is 9.53 Å². The Morgan fingerprint density at radius 1 is 1.38 bits per heavy atom. The van der Waals surface area contributed by atoms with Gasteiger partial charge in [-0.3, -0.25) is 0 Å². The van der Waals surface area contributed by atoms with Crippen LogP contribution in [0.5, 0.6) is 5.75 Å². The molecule has 0 saturated heterocycles. The van der Waals surface area contributed by atoms with Crippen LogP contribution in [0.3, 0.4) is 0 Å². The molecule has 0 fully saturated rings. The quantitative estimate of drug-likeness (QED) is 0.867. The van der Waals surface area contributed by atoms with E-state index in [-0.39, 0.29) is 5.56 Å². The predicted octanol–water partition coefficient (Wildman–Crippen LogP) is 3.67. The Morgan fingerprint density at radius 2 is 1.94 bits per heavy atom. The molecule has 0 spiro atoms. The topological polar surface area (TPSA) is 46.5 Å². The van der Waals surface area contributed by atoms with Crippen molar-refractivity contribution in [3.63, 3.8) is 0 Å². The van der Waals surface area contributed by atoms with Crippen molar-refractivity contribution in [3.8, 4) is 5.75 Å². The summed E-state index contributed by atoms with van der Waals surface area (Å²) < 4.78 is 6.49. The number of benzene rings is 1. The molecule has 0 unspecified atom stereocenters. The van der Waals surface area contributed by atoms with Crippen LogP contribution >= 0.6 is 15.9 Å². The largest absolute Gasteiger partial charge is 0.543 e. The second-order valence-corrected chi connectivity index (χ2v) is 9.93. The Bertz CT molecular complexity index is 424. The molecule has 0 aliphatic heterocycles. The zero-order chi connectivity index (χ0) is 12.5. The summed E-state index contributed by atoms with van der Waals surface area (Å²) in [6.07, 6.45) is 0. The van der Waals surface area contributed by atoms with Gasteiger partial charge in [0.2, 0.25) is 8.32 Å². The molecule has 0 aliphatic rings. The number of aromatic carboxylic acids is 1. The summed E-state index contributed by atoms with van der Waals surface area (Å²) in [6.45, 7) is 7.91. The first-order valence-electron chi connectivity index (χ1n) is 4.93. The molecule has 1 aromatic carbocycles. The maximum absolute atomic E-state index is 11.1. The number of carboxylic acids is 1. The highest BCUT2D eigenvalue weighted by Crippen LogP contribution is 2.32. The van der Waals surface area contributed by atoms with Crippen molar-refractivity contribution in [2.75, 3.05) is 0 Å². The molecule has 1 aromatic rings. The van der Waals surface area contributed by atoms with Crippen LogP contribution in [0.15, 0.2) is 16.6 Å². The Morgan fingerprint density at radius 3 is 2.38 bits per heavy atom. The van der Waals surface area contributed by atoms with Crippen LogP contribution in [0.25, 0.3) is 0 Å². The molecule has 0 aliphatic carbocycles. The van der Waals surface area contributed by atoms with Gasteiger partial charge in [0.1, 0.15) is 11.3 Å². The van der Waals surface area contributed by atoms with E-state index in [1.165, 1.54) is 0 Å². The average Bonchev–Trinajstić information content (AvgIpc) is 2.07. The van der Waals surface area contributed by atoms with E-state index < -0.39 is 14.3 Å². The lowest BCUT2D eigenvalue weighted by atomic mass is 10.1. The third-order valence-corrected chi connectivity index (χ3v) is 3.23. The molecule has 0 atom stereocenters. The molecule has 5 heteroatoms. The van der Waals surface area contributed by atoms with Gasteiger partial charge in [-0.25, -0.2) is 4.79 Å². The molecule has 0 bridgehead atoms. The van der Waals surface area contributed by atoms with Gasteiger partial charge in [0.25, 0.3) is 0 Å². The zero-order valence-corrected chi connectivity index (χ0v) is 12.4. The highest BCUT2D eigenvalue weighted by atomic mass is 79.9. The molecule has 0 heterocycles. The minimum Gasteiger partial charge on any atom is -0.543 e. The molecule has 0 radical (unpaired) electrons. The van der Waals surface area contributed by atoms with Crippen LogP contribution in [-0.4, -0.2) is 19.4 Å². The highest BCUT2D eigenvalue weighted by molar-refractivity contribution is 9.10. The summed E-state index contributed by atoms with van der Waals surface area (Å²) in [4.78, 5) is 11.1. The van der Waals surface area contributed by atoms with Crippen molar-refractivity contribution in [2.24, 2.45) is 0 Å². The number of hydrogen-bond acceptors (Lipinski definition) is 2. The average molecular weight is 303 g/mol. The minimum absolute atomic E-state index is 0.217. The number of hydrogen-bond donors (Lipinski definition) is 1. The van der Waals surface area contributed by atoms with Crippen LogP contribution in [0, 0.1) is 6.92 Å². The Hall–Kier alpha value is -0.813. The van der Waals surface area contributed by atoms with Gasteiger partial charge in [-0.2, -0.15) is 0 Å². The van der Waals surface area contributed by atoms with Gasteiger partial charge in [0.15, 0.2) is 0 Å². The van der Waals surface area contributed by atoms with Crippen LogP contribution in [-0.2, 0) is 0 Å². The Kier molecular flexibility index (Phi) is 3.80. The van der Waals surface area contributed by atoms with Crippen molar-refractivity contribution in [1.29, 1.82) is 0 Å². The number of rotatable bonds is 3. The maximum atomic E-state index is 11.1. The first kappa shape index (κ1) is 13.3. The molecule has 0 aromatic heterocycles. The van der Waals surface area contributed by atoms with Crippen molar-refractivity contribution < 1.29 is 14.3 Å². The summed E-state index contributed by atoms with van der Waals surface area (Å²) in [5, 5.41) is 9.13. The SMILES string of the molecule is Cc1cc(Br)c(O[Si](C)(C)C)c(C(=O)O)c1. The third kappa shape index (κ3) is 3.35. The summed E-state index contributed by atoms with van der Waals surface area (Å²) >= 11 is 3.35. The number of halogens is 1. The lowest BCUT2D eigenvalue weighted by Crippen LogP contribution is -2.30. The smallest absolute Gasteiger partial charge is 0.339 e.